The van der Waals surface area contributed by atoms with E-state index in [2.05, 4.69) is 4.84 Å². The average Bonchev–Trinajstić information content (AvgIpc) is 2.34. The zero-order valence-electron chi connectivity index (χ0n) is 10.1. The van der Waals surface area contributed by atoms with Gasteiger partial charge < -0.3 is 4.84 Å². The fourth-order valence-corrected chi connectivity index (χ4v) is 1.37. The highest BCUT2D eigenvalue weighted by molar-refractivity contribution is 5.76. The number of carbonyl (C=O) groups is 2. The highest BCUT2D eigenvalue weighted by atomic mass is 16.7. The van der Waals surface area contributed by atoms with Gasteiger partial charge in [-0.25, -0.2) is 4.79 Å². The quantitative estimate of drug-likeness (QED) is 0.810. The fraction of sp³-hybridized carbons (Fsp3) is 0.385. The van der Waals surface area contributed by atoms with Gasteiger partial charge in [-0.05, 0) is 18.4 Å². The maximum absolute atomic E-state index is 11.4. The molecule has 1 aromatic rings. The molecule has 1 aromatic carbocycles. The molecule has 0 spiro atoms. The molecular weight excluding hydrogens is 218 g/mol. The van der Waals surface area contributed by atoms with Crippen molar-refractivity contribution >= 4 is 11.9 Å². The zero-order chi connectivity index (χ0) is 12.7. The van der Waals surface area contributed by atoms with Crippen molar-refractivity contribution in [3.05, 3.63) is 35.9 Å². The van der Waals surface area contributed by atoms with Crippen LogP contribution in [0.25, 0.3) is 0 Å². The Morgan fingerprint density at radius 1 is 1.29 bits per heavy atom. The Hall–Kier alpha value is -1.84. The van der Waals surface area contributed by atoms with Gasteiger partial charge in [0.25, 0.3) is 0 Å². The van der Waals surface area contributed by atoms with Gasteiger partial charge in [-0.3, -0.25) is 4.79 Å². The molecule has 0 aliphatic carbocycles. The standard InChI is InChI=1S/C13H17NO3/c1-10(13(16)17-14-11(2)15)8-9-12-6-4-3-5-7-12/h3-7,10H,8-9H2,1-2H3,(H,14,15). The van der Waals surface area contributed by atoms with Crippen molar-refractivity contribution in [1.82, 2.24) is 5.48 Å². The molecule has 0 aliphatic heterocycles. The van der Waals surface area contributed by atoms with E-state index in [4.69, 9.17) is 0 Å². The third-order valence-corrected chi connectivity index (χ3v) is 2.41. The lowest BCUT2D eigenvalue weighted by Gasteiger charge is -2.10. The molecule has 0 fully saturated rings. The number of rotatable bonds is 4. The summed E-state index contributed by atoms with van der Waals surface area (Å²) in [6.07, 6.45) is 1.51. The van der Waals surface area contributed by atoms with Gasteiger partial charge in [0.15, 0.2) is 0 Å². The van der Waals surface area contributed by atoms with Gasteiger partial charge in [0.2, 0.25) is 5.91 Å². The number of hydrogen-bond acceptors (Lipinski definition) is 3. The van der Waals surface area contributed by atoms with Gasteiger partial charge in [-0.15, -0.1) is 0 Å². The highest BCUT2D eigenvalue weighted by Gasteiger charge is 2.15. The lowest BCUT2D eigenvalue weighted by Crippen LogP contribution is -2.28. The molecule has 0 aromatic heterocycles. The maximum Gasteiger partial charge on any atom is 0.335 e. The Kier molecular flexibility index (Phi) is 5.20. The number of amides is 1. The molecular formula is C13H17NO3. The van der Waals surface area contributed by atoms with Crippen molar-refractivity contribution in [2.75, 3.05) is 0 Å². The van der Waals surface area contributed by atoms with Crippen LogP contribution in [0, 0.1) is 5.92 Å². The summed E-state index contributed by atoms with van der Waals surface area (Å²) in [6, 6.07) is 9.93. The first-order valence-electron chi connectivity index (χ1n) is 5.61. The smallest absolute Gasteiger partial charge is 0.335 e. The molecule has 0 radical (unpaired) electrons. The summed E-state index contributed by atoms with van der Waals surface area (Å²) >= 11 is 0. The fourth-order valence-electron chi connectivity index (χ4n) is 1.37. The largest absolute Gasteiger partial charge is 0.341 e. The first kappa shape index (κ1) is 13.2. The molecule has 1 unspecified atom stereocenters. The maximum atomic E-state index is 11.4. The van der Waals surface area contributed by atoms with Gasteiger partial charge in [-0.1, -0.05) is 37.3 Å². The van der Waals surface area contributed by atoms with Crippen molar-refractivity contribution in [2.45, 2.75) is 26.7 Å². The Balaban J connectivity index is 2.31. The molecule has 1 N–H and O–H groups in total. The molecule has 1 amide bonds. The zero-order valence-corrected chi connectivity index (χ0v) is 10.1. The summed E-state index contributed by atoms with van der Waals surface area (Å²) in [5.74, 6) is -1.02. The van der Waals surface area contributed by atoms with Gasteiger partial charge >= 0.3 is 5.97 Å². The minimum atomic E-state index is -0.406. The van der Waals surface area contributed by atoms with Crippen molar-refractivity contribution in [3.63, 3.8) is 0 Å². The summed E-state index contributed by atoms with van der Waals surface area (Å²) < 4.78 is 0. The van der Waals surface area contributed by atoms with Crippen LogP contribution in [-0.4, -0.2) is 11.9 Å². The molecule has 4 heteroatoms. The van der Waals surface area contributed by atoms with E-state index in [1.54, 1.807) is 6.92 Å². The number of aryl methyl sites for hydroxylation is 1. The molecule has 0 bridgehead atoms. The molecule has 0 saturated heterocycles. The van der Waals surface area contributed by atoms with Crippen LogP contribution in [0.15, 0.2) is 30.3 Å². The topological polar surface area (TPSA) is 55.4 Å². The second-order valence-corrected chi connectivity index (χ2v) is 4.00. The number of hydrogen-bond donors (Lipinski definition) is 1. The summed E-state index contributed by atoms with van der Waals surface area (Å²) in [7, 11) is 0. The Morgan fingerprint density at radius 2 is 1.94 bits per heavy atom. The summed E-state index contributed by atoms with van der Waals surface area (Å²) in [5.41, 5.74) is 3.22. The minimum absolute atomic E-state index is 0.234. The van der Waals surface area contributed by atoms with Gasteiger partial charge in [0.05, 0.1) is 5.92 Å². The second-order valence-electron chi connectivity index (χ2n) is 4.00. The molecule has 0 aliphatic rings. The van der Waals surface area contributed by atoms with Gasteiger partial charge in [-0.2, -0.15) is 5.48 Å². The lowest BCUT2D eigenvalue weighted by atomic mass is 10.0. The van der Waals surface area contributed by atoms with Crippen LogP contribution in [0.5, 0.6) is 0 Å². The van der Waals surface area contributed by atoms with Crippen molar-refractivity contribution in [3.8, 4) is 0 Å². The van der Waals surface area contributed by atoms with E-state index in [-0.39, 0.29) is 11.8 Å². The number of carbonyl (C=O) groups excluding carboxylic acids is 2. The molecule has 17 heavy (non-hydrogen) atoms. The molecule has 92 valence electrons. The van der Waals surface area contributed by atoms with Crippen LogP contribution in [0.3, 0.4) is 0 Å². The lowest BCUT2D eigenvalue weighted by molar-refractivity contribution is -0.161. The minimum Gasteiger partial charge on any atom is -0.341 e. The van der Waals surface area contributed by atoms with Crippen LogP contribution in [0.4, 0.5) is 0 Å². The molecule has 4 nitrogen and oxygen atoms in total. The normalized spacial score (nSPS) is 11.6. The van der Waals surface area contributed by atoms with E-state index in [1.807, 2.05) is 35.8 Å². The van der Waals surface area contributed by atoms with Crippen LogP contribution in [0.1, 0.15) is 25.8 Å². The van der Waals surface area contributed by atoms with E-state index in [0.29, 0.717) is 6.42 Å². The van der Waals surface area contributed by atoms with Crippen LogP contribution in [-0.2, 0) is 20.8 Å². The molecule has 0 saturated carbocycles. The van der Waals surface area contributed by atoms with E-state index < -0.39 is 5.97 Å². The van der Waals surface area contributed by atoms with Crippen molar-refractivity contribution in [1.29, 1.82) is 0 Å². The Labute approximate surface area is 101 Å². The third kappa shape index (κ3) is 5.15. The van der Waals surface area contributed by atoms with E-state index in [9.17, 15) is 9.59 Å². The molecule has 1 rings (SSSR count). The third-order valence-electron chi connectivity index (χ3n) is 2.41. The highest BCUT2D eigenvalue weighted by Crippen LogP contribution is 2.10. The Bertz CT molecular complexity index is 376. The summed E-state index contributed by atoms with van der Waals surface area (Å²) in [5, 5.41) is 0. The predicted octanol–water partition coefficient (Wildman–Crippen LogP) is 1.85. The van der Waals surface area contributed by atoms with Gasteiger partial charge in [0, 0.05) is 6.92 Å². The summed E-state index contributed by atoms with van der Waals surface area (Å²) in [6.45, 7) is 3.08. The van der Waals surface area contributed by atoms with Crippen LogP contribution in [0.2, 0.25) is 0 Å². The first-order chi connectivity index (χ1) is 8.09. The van der Waals surface area contributed by atoms with Crippen molar-refractivity contribution < 1.29 is 14.4 Å². The first-order valence-corrected chi connectivity index (χ1v) is 5.61. The SMILES string of the molecule is CC(=O)NOC(=O)C(C)CCc1ccccc1. The second kappa shape index (κ2) is 6.68. The molecule has 1 atom stereocenters. The number of benzene rings is 1. The average molecular weight is 235 g/mol. The number of hydroxylamine groups is 1. The van der Waals surface area contributed by atoms with Crippen LogP contribution >= 0.6 is 0 Å². The van der Waals surface area contributed by atoms with Crippen molar-refractivity contribution in [2.24, 2.45) is 5.92 Å². The van der Waals surface area contributed by atoms with E-state index in [1.165, 1.54) is 12.5 Å². The van der Waals surface area contributed by atoms with E-state index in [0.717, 1.165) is 6.42 Å². The van der Waals surface area contributed by atoms with Gasteiger partial charge in [0.1, 0.15) is 0 Å². The Morgan fingerprint density at radius 3 is 2.53 bits per heavy atom. The van der Waals surface area contributed by atoms with Crippen LogP contribution < -0.4 is 5.48 Å². The predicted molar refractivity (Wildman–Crippen MR) is 63.8 cm³/mol. The summed E-state index contributed by atoms with van der Waals surface area (Å²) in [4.78, 5) is 26.6. The monoisotopic (exact) mass is 235 g/mol. The van der Waals surface area contributed by atoms with E-state index >= 15 is 0 Å². The number of nitrogens with one attached hydrogen (secondary N) is 1. The molecule has 0 heterocycles.